The Balaban J connectivity index is 2.37. The fourth-order valence-electron chi connectivity index (χ4n) is 2.71. The molecule has 3 rings (SSSR count). The van der Waals surface area contributed by atoms with E-state index >= 15 is 0 Å². The van der Waals surface area contributed by atoms with Gasteiger partial charge in [0.25, 0.3) is 5.56 Å². The minimum atomic E-state index is -0.411. The van der Waals surface area contributed by atoms with Crippen LogP contribution in [0.3, 0.4) is 0 Å². The lowest BCUT2D eigenvalue weighted by Crippen LogP contribution is -2.38. The first kappa shape index (κ1) is 15.1. The van der Waals surface area contributed by atoms with Gasteiger partial charge in [0.15, 0.2) is 0 Å². The van der Waals surface area contributed by atoms with Gasteiger partial charge in [-0.1, -0.05) is 0 Å². The molecule has 22 heavy (non-hydrogen) atoms. The molecule has 116 valence electrons. The van der Waals surface area contributed by atoms with Crippen molar-refractivity contribution in [3.8, 4) is 0 Å². The number of halogens is 1. The van der Waals surface area contributed by atoms with E-state index < -0.39 is 5.69 Å². The van der Waals surface area contributed by atoms with Gasteiger partial charge in [-0.25, -0.2) is 4.79 Å². The number of aromatic nitrogens is 2. The highest BCUT2D eigenvalue weighted by atomic mass is 127. The molecule has 2 aromatic rings. The van der Waals surface area contributed by atoms with E-state index in [1.807, 2.05) is 17.9 Å². The van der Waals surface area contributed by atoms with Crippen LogP contribution >= 0.6 is 22.6 Å². The summed E-state index contributed by atoms with van der Waals surface area (Å²) in [5.74, 6) is 0.532. The van der Waals surface area contributed by atoms with E-state index in [2.05, 4.69) is 46.7 Å². The zero-order chi connectivity index (χ0) is 16.2. The summed E-state index contributed by atoms with van der Waals surface area (Å²) < 4.78 is 2.20. The maximum atomic E-state index is 12.4. The molecule has 1 aliphatic heterocycles. The molecule has 1 aliphatic rings. The van der Waals surface area contributed by atoms with Gasteiger partial charge >= 0.3 is 5.69 Å². The highest BCUT2D eigenvalue weighted by Crippen LogP contribution is 2.44. The number of benzene rings is 1. The number of hydrogen-bond acceptors (Lipinski definition) is 4. The fraction of sp³-hybridized carbons (Fsp3) is 0.333. The average molecular weight is 412 g/mol. The third-order valence-electron chi connectivity index (χ3n) is 4.15. The van der Waals surface area contributed by atoms with Gasteiger partial charge in [-0.2, -0.15) is 0 Å². The minimum Gasteiger partial charge on any atom is -0.346 e. The van der Waals surface area contributed by atoms with Crippen molar-refractivity contribution in [2.24, 2.45) is 7.05 Å². The second-order valence-electron chi connectivity index (χ2n) is 5.42. The van der Waals surface area contributed by atoms with Crippen molar-refractivity contribution in [1.29, 1.82) is 0 Å². The topological polar surface area (TPSA) is 70.1 Å². The fourth-order valence-corrected chi connectivity index (χ4v) is 3.72. The molecule has 0 atom stereocenters. The molecule has 0 fully saturated rings. The van der Waals surface area contributed by atoms with E-state index in [0.29, 0.717) is 18.1 Å². The molecule has 0 bridgehead atoms. The van der Waals surface area contributed by atoms with Crippen LogP contribution in [0.25, 0.3) is 0 Å². The summed E-state index contributed by atoms with van der Waals surface area (Å²) in [6.45, 7) is 6.78. The molecule has 2 N–H and O–H groups in total. The predicted molar refractivity (Wildman–Crippen MR) is 96.9 cm³/mol. The highest BCUT2D eigenvalue weighted by molar-refractivity contribution is 14.1. The highest BCUT2D eigenvalue weighted by Gasteiger charge is 2.28. The van der Waals surface area contributed by atoms with Crippen molar-refractivity contribution in [2.45, 2.75) is 20.8 Å². The molecule has 6 nitrogen and oxygen atoms in total. The zero-order valence-corrected chi connectivity index (χ0v) is 15.0. The van der Waals surface area contributed by atoms with Crippen molar-refractivity contribution < 1.29 is 0 Å². The first-order valence-electron chi connectivity index (χ1n) is 7.04. The molecule has 0 saturated carbocycles. The van der Waals surface area contributed by atoms with Crippen LogP contribution in [0.15, 0.2) is 15.7 Å². The Morgan fingerprint density at radius 3 is 2.59 bits per heavy atom. The zero-order valence-electron chi connectivity index (χ0n) is 12.9. The molecular formula is C15H17IN4O2. The molecule has 1 aromatic heterocycles. The number of aryl methyl sites for hydroxylation is 1. The Morgan fingerprint density at radius 2 is 1.95 bits per heavy atom. The van der Waals surface area contributed by atoms with Gasteiger partial charge in [-0.05, 0) is 60.6 Å². The van der Waals surface area contributed by atoms with Crippen LogP contribution in [-0.2, 0) is 7.05 Å². The van der Waals surface area contributed by atoms with Gasteiger partial charge in [-0.15, -0.1) is 0 Å². The summed E-state index contributed by atoms with van der Waals surface area (Å²) in [6, 6.07) is 2.04. The van der Waals surface area contributed by atoms with Crippen molar-refractivity contribution >= 4 is 45.5 Å². The first-order valence-corrected chi connectivity index (χ1v) is 8.12. The maximum Gasteiger partial charge on any atom is 0.329 e. The Bertz CT molecular complexity index is 898. The number of aromatic amines is 1. The summed E-state index contributed by atoms with van der Waals surface area (Å²) in [6.07, 6.45) is 0. The molecule has 0 aliphatic carbocycles. The second-order valence-corrected chi connectivity index (χ2v) is 6.49. The average Bonchev–Trinajstić information content (AvgIpc) is 2.49. The van der Waals surface area contributed by atoms with Gasteiger partial charge in [0.05, 0.1) is 11.4 Å². The normalized spacial score (nSPS) is 12.7. The molecular weight excluding hydrogens is 395 g/mol. The third-order valence-corrected chi connectivity index (χ3v) is 5.47. The van der Waals surface area contributed by atoms with Crippen LogP contribution in [-0.4, -0.2) is 16.1 Å². The number of anilines is 4. The molecule has 0 saturated heterocycles. The first-order chi connectivity index (χ1) is 10.4. The Morgan fingerprint density at radius 1 is 1.27 bits per heavy atom. The lowest BCUT2D eigenvalue weighted by Gasteiger charge is -2.33. The Hall–Kier alpha value is -1.77. The Kier molecular flexibility index (Phi) is 3.54. The third kappa shape index (κ3) is 1.98. The summed E-state index contributed by atoms with van der Waals surface area (Å²) >= 11 is 2.32. The summed E-state index contributed by atoms with van der Waals surface area (Å²) in [5.41, 5.74) is 3.94. The summed E-state index contributed by atoms with van der Waals surface area (Å²) in [4.78, 5) is 29.1. The van der Waals surface area contributed by atoms with Gasteiger partial charge in [-0.3, -0.25) is 14.3 Å². The number of H-pyrrole nitrogens is 1. The van der Waals surface area contributed by atoms with Crippen LogP contribution < -0.4 is 21.5 Å². The molecule has 0 radical (unpaired) electrons. The van der Waals surface area contributed by atoms with Gasteiger partial charge in [0.1, 0.15) is 11.5 Å². The standard InChI is InChI=1S/C15H17IN4O2/c1-5-20-12-9(6-7(2)8(3)10(12)16)17-11-13(20)18-15(22)19(4)14(11)21/h6,17H,5H2,1-4H3,(H,18,22). The van der Waals surface area contributed by atoms with Crippen molar-refractivity contribution in [3.63, 3.8) is 0 Å². The van der Waals surface area contributed by atoms with Gasteiger partial charge in [0.2, 0.25) is 0 Å². The van der Waals surface area contributed by atoms with Crippen molar-refractivity contribution in [3.05, 3.63) is 41.6 Å². The van der Waals surface area contributed by atoms with Crippen molar-refractivity contribution in [1.82, 2.24) is 9.55 Å². The van der Waals surface area contributed by atoms with Crippen LogP contribution in [0.5, 0.6) is 0 Å². The largest absolute Gasteiger partial charge is 0.346 e. The number of fused-ring (bicyclic) bond motifs is 2. The van der Waals surface area contributed by atoms with Crippen LogP contribution in [0, 0.1) is 17.4 Å². The van der Waals surface area contributed by atoms with E-state index in [1.54, 1.807) is 0 Å². The lowest BCUT2D eigenvalue weighted by molar-refractivity contribution is 0.769. The van der Waals surface area contributed by atoms with Crippen LogP contribution in [0.4, 0.5) is 22.9 Å². The number of hydrogen-bond donors (Lipinski definition) is 2. The smallest absolute Gasteiger partial charge is 0.329 e. The summed E-state index contributed by atoms with van der Waals surface area (Å²) in [7, 11) is 1.47. The number of nitrogens with zero attached hydrogens (tertiary/aromatic N) is 2. The minimum absolute atomic E-state index is 0.323. The molecule has 7 heteroatoms. The quantitative estimate of drug-likeness (QED) is 0.707. The SMILES string of the molecule is CCN1c2[nH]c(=O)n(C)c(=O)c2Nc2cc(C)c(C)c(I)c21. The van der Waals surface area contributed by atoms with E-state index in [1.165, 1.54) is 12.6 Å². The van der Waals surface area contributed by atoms with Gasteiger partial charge in [0, 0.05) is 17.2 Å². The second kappa shape index (κ2) is 5.15. The molecule has 1 aromatic carbocycles. The lowest BCUT2D eigenvalue weighted by atomic mass is 10.0. The number of nitrogens with one attached hydrogen (secondary N) is 2. The maximum absolute atomic E-state index is 12.4. The molecule has 0 amide bonds. The summed E-state index contributed by atoms with van der Waals surface area (Å²) in [5, 5.41) is 3.20. The molecule has 0 unspecified atom stereocenters. The van der Waals surface area contributed by atoms with E-state index in [0.717, 1.165) is 25.1 Å². The molecule has 0 spiro atoms. The van der Waals surface area contributed by atoms with Crippen LogP contribution in [0.1, 0.15) is 18.1 Å². The van der Waals surface area contributed by atoms with E-state index in [9.17, 15) is 9.59 Å². The molecule has 2 heterocycles. The monoisotopic (exact) mass is 412 g/mol. The number of rotatable bonds is 1. The van der Waals surface area contributed by atoms with Crippen LogP contribution in [0.2, 0.25) is 0 Å². The van der Waals surface area contributed by atoms with E-state index in [-0.39, 0.29) is 5.56 Å². The van der Waals surface area contributed by atoms with Gasteiger partial charge < -0.3 is 10.2 Å². The van der Waals surface area contributed by atoms with Crippen molar-refractivity contribution in [2.75, 3.05) is 16.8 Å². The van der Waals surface area contributed by atoms with E-state index in [4.69, 9.17) is 0 Å². The predicted octanol–water partition coefficient (Wildman–Crippen LogP) is 2.51. The Labute approximate surface area is 141 Å².